The Morgan fingerprint density at radius 3 is 2.28 bits per heavy atom. The summed E-state index contributed by atoms with van der Waals surface area (Å²) >= 11 is 4.95. The molecule has 0 N–H and O–H groups in total. The zero-order valence-corrected chi connectivity index (χ0v) is 29.4. The molecule has 6 rings (SSSR count). The van der Waals surface area contributed by atoms with Crippen LogP contribution in [-0.2, 0) is 9.53 Å². The van der Waals surface area contributed by atoms with Crippen molar-refractivity contribution in [1.82, 2.24) is 9.13 Å². The standard InChI is InChI=1S/C37H34BrN3O5S/c1-7-46-36(43)33-22(3)39-37-41(34(33)28-19-30(44-5)31(45-6)20-29(28)38)35(42)32(47-37)18-26-17-21(2)40(23(26)4)27-15-13-25(14-16-27)24-11-9-8-10-12-24/h8-20,34H,7H2,1-6H3/b32-18-/t34-/m0/s1. The Bertz CT molecular complexity index is 2210. The molecular formula is C37H34BrN3O5S. The van der Waals surface area contributed by atoms with E-state index in [0.29, 0.717) is 36.6 Å². The van der Waals surface area contributed by atoms with Crippen molar-refractivity contribution in [2.24, 2.45) is 4.99 Å². The number of aryl methyl sites for hydroxylation is 1. The van der Waals surface area contributed by atoms with Crippen molar-refractivity contribution in [2.75, 3.05) is 20.8 Å². The third kappa shape index (κ3) is 5.87. The molecule has 240 valence electrons. The predicted octanol–water partition coefficient (Wildman–Crippen LogP) is 6.65. The zero-order valence-electron chi connectivity index (χ0n) is 27.0. The van der Waals surface area contributed by atoms with Crippen LogP contribution in [-0.4, -0.2) is 35.9 Å². The van der Waals surface area contributed by atoms with Gasteiger partial charge in [0.1, 0.15) is 0 Å². The molecule has 1 aliphatic rings. The van der Waals surface area contributed by atoms with Crippen molar-refractivity contribution >= 4 is 39.3 Å². The van der Waals surface area contributed by atoms with E-state index in [1.54, 1.807) is 44.8 Å². The van der Waals surface area contributed by atoms with Crippen LogP contribution >= 0.6 is 27.3 Å². The smallest absolute Gasteiger partial charge is 0.338 e. The summed E-state index contributed by atoms with van der Waals surface area (Å²) in [5.41, 5.74) is 7.47. The molecule has 0 saturated carbocycles. The number of carbonyl (C=O) groups excluding carboxylic acids is 1. The number of nitrogens with zero attached hydrogens (tertiary/aromatic N) is 3. The number of rotatable bonds is 8. The van der Waals surface area contributed by atoms with Crippen LogP contribution in [0.5, 0.6) is 11.5 Å². The summed E-state index contributed by atoms with van der Waals surface area (Å²) in [7, 11) is 3.10. The number of fused-ring (bicyclic) bond motifs is 1. The van der Waals surface area contributed by atoms with Crippen LogP contribution in [0.25, 0.3) is 22.9 Å². The van der Waals surface area contributed by atoms with Crippen LogP contribution in [0.1, 0.15) is 42.4 Å². The Morgan fingerprint density at radius 1 is 0.957 bits per heavy atom. The molecule has 0 aliphatic carbocycles. The van der Waals surface area contributed by atoms with Gasteiger partial charge in [0.2, 0.25) is 0 Å². The number of ether oxygens (including phenoxy) is 3. The molecule has 3 heterocycles. The fourth-order valence-corrected chi connectivity index (χ4v) is 7.65. The summed E-state index contributed by atoms with van der Waals surface area (Å²) in [4.78, 5) is 32.9. The highest BCUT2D eigenvalue weighted by Gasteiger charge is 2.35. The van der Waals surface area contributed by atoms with Crippen LogP contribution in [0.2, 0.25) is 0 Å². The van der Waals surface area contributed by atoms with Gasteiger partial charge in [0.25, 0.3) is 5.56 Å². The number of methoxy groups -OCH3 is 2. The maximum atomic E-state index is 14.3. The summed E-state index contributed by atoms with van der Waals surface area (Å²) in [5, 5.41) is 0. The fraction of sp³-hybridized carbons (Fsp3) is 0.216. The second-order valence-electron chi connectivity index (χ2n) is 11.1. The molecule has 0 saturated heterocycles. The number of benzene rings is 3. The first kappa shape index (κ1) is 32.3. The van der Waals surface area contributed by atoms with Crippen molar-refractivity contribution < 1.29 is 19.0 Å². The Balaban J connectivity index is 1.48. The summed E-state index contributed by atoms with van der Waals surface area (Å²) in [5.74, 6) is 0.449. The number of thiazole rings is 1. The molecule has 8 nitrogen and oxygen atoms in total. The van der Waals surface area contributed by atoms with Crippen LogP contribution < -0.4 is 24.4 Å². The molecule has 0 radical (unpaired) electrons. The molecule has 0 spiro atoms. The third-order valence-corrected chi connectivity index (χ3v) is 9.97. The first-order chi connectivity index (χ1) is 22.7. The quantitative estimate of drug-likeness (QED) is 0.168. The number of carbonyl (C=O) groups is 1. The molecule has 47 heavy (non-hydrogen) atoms. The van der Waals surface area contributed by atoms with Gasteiger partial charge in [0.05, 0.1) is 42.7 Å². The number of esters is 1. The Morgan fingerprint density at radius 2 is 1.62 bits per heavy atom. The Kier molecular flexibility index (Phi) is 9.07. The van der Waals surface area contributed by atoms with Gasteiger partial charge >= 0.3 is 5.97 Å². The van der Waals surface area contributed by atoms with Crippen LogP contribution in [0.3, 0.4) is 0 Å². The topological polar surface area (TPSA) is 84.1 Å². The molecule has 0 fully saturated rings. The second-order valence-corrected chi connectivity index (χ2v) is 13.0. The van der Waals surface area contributed by atoms with Gasteiger partial charge in [-0.25, -0.2) is 9.79 Å². The van der Waals surface area contributed by atoms with E-state index in [1.807, 2.05) is 31.2 Å². The second kappa shape index (κ2) is 13.2. The van der Waals surface area contributed by atoms with Gasteiger partial charge < -0.3 is 18.8 Å². The predicted molar refractivity (Wildman–Crippen MR) is 188 cm³/mol. The number of halogens is 1. The maximum absolute atomic E-state index is 14.3. The van der Waals surface area contributed by atoms with Crippen LogP contribution in [0, 0.1) is 13.8 Å². The molecule has 0 amide bonds. The number of hydrogen-bond donors (Lipinski definition) is 0. The zero-order chi connectivity index (χ0) is 33.4. The Hall–Kier alpha value is -4.67. The van der Waals surface area contributed by atoms with Gasteiger partial charge in [-0.1, -0.05) is 69.7 Å². The van der Waals surface area contributed by atoms with Crippen molar-refractivity contribution in [1.29, 1.82) is 0 Å². The highest BCUT2D eigenvalue weighted by molar-refractivity contribution is 9.10. The van der Waals surface area contributed by atoms with Gasteiger partial charge in [-0.3, -0.25) is 9.36 Å². The molecule has 5 aromatic rings. The lowest BCUT2D eigenvalue weighted by Gasteiger charge is -2.26. The van der Waals surface area contributed by atoms with Crippen LogP contribution in [0.4, 0.5) is 0 Å². The summed E-state index contributed by atoms with van der Waals surface area (Å²) in [6.45, 7) is 7.80. The van der Waals surface area contributed by atoms with Gasteiger partial charge in [-0.15, -0.1) is 0 Å². The molecule has 0 bridgehead atoms. The summed E-state index contributed by atoms with van der Waals surface area (Å²) in [6, 6.07) is 23.6. The monoisotopic (exact) mass is 711 g/mol. The fourth-order valence-electron chi connectivity index (χ4n) is 6.07. The average molecular weight is 713 g/mol. The Labute approximate surface area is 285 Å². The van der Waals surface area contributed by atoms with Gasteiger partial charge in [0.15, 0.2) is 16.3 Å². The van der Waals surface area contributed by atoms with E-state index in [1.165, 1.54) is 11.3 Å². The highest BCUT2D eigenvalue weighted by atomic mass is 79.9. The molecule has 10 heteroatoms. The summed E-state index contributed by atoms with van der Waals surface area (Å²) < 4.78 is 21.4. The van der Waals surface area contributed by atoms with Gasteiger partial charge in [-0.05, 0) is 86.4 Å². The van der Waals surface area contributed by atoms with E-state index in [0.717, 1.165) is 33.8 Å². The van der Waals surface area contributed by atoms with E-state index in [2.05, 4.69) is 69.9 Å². The average Bonchev–Trinajstić information content (AvgIpc) is 3.53. The number of hydrogen-bond acceptors (Lipinski definition) is 7. The lowest BCUT2D eigenvalue weighted by molar-refractivity contribution is -0.139. The minimum atomic E-state index is -0.808. The van der Waals surface area contributed by atoms with E-state index >= 15 is 0 Å². The number of allylic oxidation sites excluding steroid dienone is 1. The largest absolute Gasteiger partial charge is 0.493 e. The molecule has 1 atom stereocenters. The molecular weight excluding hydrogens is 678 g/mol. The minimum absolute atomic E-state index is 0.185. The molecule has 2 aromatic heterocycles. The normalized spacial score (nSPS) is 14.5. The lowest BCUT2D eigenvalue weighted by atomic mass is 9.95. The van der Waals surface area contributed by atoms with Crippen molar-refractivity contribution in [3.8, 4) is 28.3 Å². The third-order valence-electron chi connectivity index (χ3n) is 8.30. The van der Waals surface area contributed by atoms with Gasteiger partial charge in [0, 0.05) is 21.5 Å². The molecule has 3 aromatic carbocycles. The highest BCUT2D eigenvalue weighted by Crippen LogP contribution is 2.41. The minimum Gasteiger partial charge on any atom is -0.493 e. The van der Waals surface area contributed by atoms with E-state index < -0.39 is 12.0 Å². The first-order valence-corrected chi connectivity index (χ1v) is 16.7. The van der Waals surface area contributed by atoms with E-state index in [-0.39, 0.29) is 17.7 Å². The lowest BCUT2D eigenvalue weighted by Crippen LogP contribution is -2.40. The number of aromatic nitrogens is 2. The molecule has 0 unspecified atom stereocenters. The molecule has 1 aliphatic heterocycles. The summed E-state index contributed by atoms with van der Waals surface area (Å²) in [6.07, 6.45) is 1.91. The van der Waals surface area contributed by atoms with Gasteiger partial charge in [-0.2, -0.15) is 0 Å². The van der Waals surface area contributed by atoms with Crippen LogP contribution in [0.15, 0.2) is 98.3 Å². The SMILES string of the molecule is CCOC(=O)C1=C(C)N=c2s/c(=C\c3cc(C)n(-c4ccc(-c5ccccc5)cc4)c3C)c(=O)n2[C@H]1c1cc(OC)c(OC)cc1Br. The first-order valence-electron chi connectivity index (χ1n) is 15.1. The van der Waals surface area contributed by atoms with Crippen molar-refractivity contribution in [3.05, 3.63) is 131 Å². The van der Waals surface area contributed by atoms with Crippen molar-refractivity contribution in [2.45, 2.75) is 33.7 Å². The van der Waals surface area contributed by atoms with E-state index in [9.17, 15) is 9.59 Å². The maximum Gasteiger partial charge on any atom is 0.338 e. The van der Waals surface area contributed by atoms with E-state index in [4.69, 9.17) is 19.2 Å². The van der Waals surface area contributed by atoms with Crippen molar-refractivity contribution in [3.63, 3.8) is 0 Å².